The van der Waals surface area contributed by atoms with Gasteiger partial charge in [0.05, 0.1) is 17.1 Å². The number of rotatable bonds is 6. The third-order valence-corrected chi connectivity index (χ3v) is 7.21. The van der Waals surface area contributed by atoms with E-state index in [1.807, 2.05) is 19.1 Å². The summed E-state index contributed by atoms with van der Waals surface area (Å²) in [6.45, 7) is 7.79. The lowest BCUT2D eigenvalue weighted by atomic mass is 9.97. The third-order valence-electron chi connectivity index (χ3n) is 7.21. The monoisotopic (exact) mass is 493 g/mol. The Bertz CT molecular complexity index is 1270. The smallest absolute Gasteiger partial charge is 0.266 e. The number of pyridine rings is 1. The number of piperidine rings is 1. The zero-order valence-electron chi connectivity index (χ0n) is 20.8. The van der Waals surface area contributed by atoms with Crippen molar-refractivity contribution < 1.29 is 13.2 Å². The minimum atomic E-state index is -2.85. The fourth-order valence-electron chi connectivity index (χ4n) is 5.26. The van der Waals surface area contributed by atoms with Crippen LogP contribution in [0.15, 0.2) is 48.5 Å². The number of aryl methyl sites for hydroxylation is 1. The van der Waals surface area contributed by atoms with Gasteiger partial charge in [0.2, 0.25) is 0 Å². The van der Waals surface area contributed by atoms with Crippen molar-refractivity contribution >= 4 is 22.2 Å². The maximum Gasteiger partial charge on any atom is 0.266 e. The summed E-state index contributed by atoms with van der Waals surface area (Å²) in [6.07, 6.45) is 5.09. The number of halogens is 3. The van der Waals surface area contributed by atoms with E-state index >= 15 is 0 Å². The maximum absolute atomic E-state index is 14.8. The van der Waals surface area contributed by atoms with E-state index < -0.39 is 23.8 Å². The Labute approximate surface area is 210 Å². The van der Waals surface area contributed by atoms with Crippen LogP contribution in [0.5, 0.6) is 0 Å². The van der Waals surface area contributed by atoms with E-state index in [1.165, 1.54) is 11.6 Å². The normalized spacial score (nSPS) is 18.4. The van der Waals surface area contributed by atoms with Crippen molar-refractivity contribution in [3.05, 3.63) is 83.2 Å². The Kier molecular flexibility index (Phi) is 7.30. The summed E-state index contributed by atoms with van der Waals surface area (Å²) in [5, 5.41) is 9.21. The summed E-state index contributed by atoms with van der Waals surface area (Å²) in [7, 11) is 0. The highest BCUT2D eigenvalue weighted by Gasteiger charge is 2.22. The van der Waals surface area contributed by atoms with Crippen LogP contribution in [-0.2, 0) is 0 Å². The predicted octanol–water partition coefficient (Wildman–Crippen LogP) is 7.10. The molecule has 3 aromatic rings. The van der Waals surface area contributed by atoms with Gasteiger partial charge in [-0.1, -0.05) is 30.3 Å². The highest BCUT2D eigenvalue weighted by atomic mass is 19.3. The van der Waals surface area contributed by atoms with Crippen molar-refractivity contribution in [3.8, 4) is 0 Å². The highest BCUT2D eigenvalue weighted by molar-refractivity contribution is 5.94. The number of anilines is 1. The minimum Gasteiger partial charge on any atom is -0.378 e. The van der Waals surface area contributed by atoms with Gasteiger partial charge in [0.15, 0.2) is 0 Å². The average Bonchev–Trinajstić information content (AvgIpc) is 2.89. The fourth-order valence-corrected chi connectivity index (χ4v) is 5.26. The molecule has 1 atom stereocenters. The predicted molar refractivity (Wildman–Crippen MR) is 139 cm³/mol. The number of hydrogen-bond acceptors (Lipinski definition) is 4. The zero-order chi connectivity index (χ0) is 25.2. The summed E-state index contributed by atoms with van der Waals surface area (Å²) >= 11 is 0. The maximum atomic E-state index is 14.8. The van der Waals surface area contributed by atoms with Gasteiger partial charge in [-0.15, -0.1) is 0 Å². The van der Waals surface area contributed by atoms with Gasteiger partial charge in [-0.3, -0.25) is 4.98 Å². The van der Waals surface area contributed by atoms with Crippen molar-refractivity contribution in [1.29, 1.82) is 0 Å². The molecule has 0 aliphatic carbocycles. The molecule has 1 radical (unpaired) electrons. The second-order valence-electron chi connectivity index (χ2n) is 9.67. The number of hydrazine groups is 1. The van der Waals surface area contributed by atoms with Gasteiger partial charge < -0.3 is 5.32 Å². The van der Waals surface area contributed by atoms with E-state index in [-0.39, 0.29) is 5.56 Å². The first-order chi connectivity index (χ1) is 17.4. The van der Waals surface area contributed by atoms with E-state index in [1.54, 1.807) is 13.0 Å². The van der Waals surface area contributed by atoms with Crippen LogP contribution in [0, 0.1) is 19.2 Å². The molecule has 36 heavy (non-hydrogen) atoms. The molecule has 2 aromatic carbocycles. The molecule has 189 valence electrons. The molecule has 3 heterocycles. The Hall–Kier alpha value is -2.90. The molecule has 0 spiro atoms. The molecule has 0 unspecified atom stereocenters. The summed E-state index contributed by atoms with van der Waals surface area (Å²) in [4.78, 5) is 4.68. The molecule has 0 saturated carbocycles. The quantitative estimate of drug-likeness (QED) is 0.397. The third kappa shape index (κ3) is 5.13. The summed E-state index contributed by atoms with van der Waals surface area (Å²) < 4.78 is 41.3. The van der Waals surface area contributed by atoms with E-state index in [9.17, 15) is 13.2 Å². The van der Waals surface area contributed by atoms with Crippen molar-refractivity contribution in [2.75, 3.05) is 31.5 Å². The van der Waals surface area contributed by atoms with Crippen molar-refractivity contribution in [2.24, 2.45) is 0 Å². The fraction of sp³-hybridized carbons (Fsp3) is 0.379. The van der Waals surface area contributed by atoms with E-state index in [0.717, 1.165) is 79.4 Å². The van der Waals surface area contributed by atoms with Crippen LogP contribution < -0.4 is 5.32 Å². The first kappa shape index (κ1) is 24.8. The molecular weight excluding hydrogens is 461 g/mol. The molecule has 1 N–H and O–H groups in total. The van der Waals surface area contributed by atoms with Gasteiger partial charge in [-0.05, 0) is 68.9 Å². The molecular formula is C29H32F3N4. The average molecular weight is 494 g/mol. The Morgan fingerprint density at radius 2 is 1.75 bits per heavy atom. The Morgan fingerprint density at radius 1 is 0.972 bits per heavy atom. The molecule has 1 aromatic heterocycles. The van der Waals surface area contributed by atoms with E-state index in [0.29, 0.717) is 0 Å². The van der Waals surface area contributed by atoms with E-state index in [4.69, 9.17) is 0 Å². The lowest BCUT2D eigenvalue weighted by Crippen LogP contribution is -2.47. The van der Waals surface area contributed by atoms with Crippen LogP contribution in [0.25, 0.3) is 16.5 Å². The van der Waals surface area contributed by atoms with E-state index in [2.05, 4.69) is 44.9 Å². The number of fused-ring (bicyclic) bond motifs is 1. The van der Waals surface area contributed by atoms with Crippen LogP contribution in [-0.4, -0.2) is 41.2 Å². The number of nitrogens with zero attached hydrogens (tertiary/aromatic N) is 3. The molecule has 2 aliphatic rings. The Morgan fingerprint density at radius 3 is 2.47 bits per heavy atom. The summed E-state index contributed by atoms with van der Waals surface area (Å²) in [6, 6.07) is 11.9. The molecule has 0 amide bonds. The number of benzene rings is 2. The second kappa shape index (κ2) is 10.6. The van der Waals surface area contributed by atoms with Gasteiger partial charge in [0.25, 0.3) is 6.43 Å². The lowest BCUT2D eigenvalue weighted by molar-refractivity contribution is -0.0230. The van der Waals surface area contributed by atoms with Gasteiger partial charge in [-0.25, -0.2) is 23.2 Å². The molecule has 2 aliphatic heterocycles. The molecule has 5 rings (SSSR count). The number of nitrogens with one attached hydrogen (secondary N) is 1. The number of hydrogen-bond donors (Lipinski definition) is 1. The van der Waals surface area contributed by atoms with Crippen LogP contribution >= 0.6 is 0 Å². The second-order valence-corrected chi connectivity index (χ2v) is 9.67. The zero-order valence-corrected chi connectivity index (χ0v) is 20.8. The van der Waals surface area contributed by atoms with Gasteiger partial charge >= 0.3 is 0 Å². The molecule has 7 heteroatoms. The molecule has 1 fully saturated rings. The van der Waals surface area contributed by atoms with Crippen LogP contribution in [0.4, 0.5) is 18.9 Å². The summed E-state index contributed by atoms with van der Waals surface area (Å²) in [5.41, 5.74) is 4.61. The number of alkyl halides is 2. The summed E-state index contributed by atoms with van der Waals surface area (Å²) in [5.74, 6) is -0.855. The first-order valence-corrected chi connectivity index (χ1v) is 12.7. The standard InChI is InChI=1S/C29H32F3N4/c1-19-17-27(34-20(2)23-7-6-8-24(28(23)30)29(31)32)25-18-22(9-10-26(25)33-19)21-11-15-36(16-12-21)35-13-4-3-5-14-35/h3,6-11,17-18,20,29H,4-5,12-16H2,1-2H3,(H,33,34)/t20-/m1/s1. The SMILES string of the molecule is Cc1cc(N[C@H](C)c2cccc(C(F)F)c2F)c2cc(C3=CCN(N4CC[CH]CC4)CC3)ccc2n1. The van der Waals surface area contributed by atoms with Gasteiger partial charge in [0.1, 0.15) is 5.82 Å². The minimum absolute atomic E-state index is 0.219. The lowest BCUT2D eigenvalue weighted by Gasteiger charge is -2.39. The highest BCUT2D eigenvalue weighted by Crippen LogP contribution is 2.33. The van der Waals surface area contributed by atoms with Crippen LogP contribution in [0.3, 0.4) is 0 Å². The first-order valence-electron chi connectivity index (χ1n) is 12.7. The van der Waals surface area contributed by atoms with Crippen molar-refractivity contribution in [3.63, 3.8) is 0 Å². The van der Waals surface area contributed by atoms with Crippen LogP contribution in [0.1, 0.15) is 61.0 Å². The molecule has 0 bridgehead atoms. The molecule has 1 saturated heterocycles. The number of aromatic nitrogens is 1. The van der Waals surface area contributed by atoms with Gasteiger partial charge in [-0.2, -0.15) is 0 Å². The topological polar surface area (TPSA) is 31.4 Å². The Balaban J connectivity index is 1.41. The molecule has 4 nitrogen and oxygen atoms in total. The van der Waals surface area contributed by atoms with Crippen molar-refractivity contribution in [1.82, 2.24) is 15.0 Å². The largest absolute Gasteiger partial charge is 0.378 e. The van der Waals surface area contributed by atoms with Crippen molar-refractivity contribution in [2.45, 2.75) is 45.6 Å². The van der Waals surface area contributed by atoms with Crippen LogP contribution in [0.2, 0.25) is 0 Å². The van der Waals surface area contributed by atoms with Gasteiger partial charge in [0, 0.05) is 48.5 Å².